The van der Waals surface area contributed by atoms with E-state index >= 15 is 0 Å². The molecule has 3 rings (SSSR count). The van der Waals surface area contributed by atoms with E-state index < -0.39 is 0 Å². The van der Waals surface area contributed by atoms with Crippen molar-refractivity contribution >= 4 is 22.9 Å². The summed E-state index contributed by atoms with van der Waals surface area (Å²) in [6.07, 6.45) is 0. The predicted octanol–water partition coefficient (Wildman–Crippen LogP) is 3.84. The minimum absolute atomic E-state index is 0.0897. The van der Waals surface area contributed by atoms with Crippen LogP contribution in [0.4, 0.5) is 0 Å². The van der Waals surface area contributed by atoms with Gasteiger partial charge in [0.15, 0.2) is 6.04 Å². The molecule has 0 saturated heterocycles. The quantitative estimate of drug-likeness (QED) is 0.771. The molecule has 0 unspecified atom stereocenters. The number of rotatable bonds is 5. The van der Waals surface area contributed by atoms with Crippen molar-refractivity contribution in [3.8, 4) is 10.8 Å². The molecule has 0 saturated carbocycles. The fourth-order valence-corrected chi connectivity index (χ4v) is 3.08. The average molecular weight is 335 g/mol. The summed E-state index contributed by atoms with van der Waals surface area (Å²) in [7, 11) is 0. The van der Waals surface area contributed by atoms with Crippen LogP contribution in [0.15, 0.2) is 46.2 Å². The molecular weight excluding hydrogens is 318 g/mol. The molecule has 0 fully saturated rings. The number of benzene rings is 1. The number of nitrogens with two attached hydrogens (primary N) is 1. The van der Waals surface area contributed by atoms with Crippen molar-refractivity contribution in [2.45, 2.75) is 25.9 Å². The standard InChI is InChI=1S/C16H16ClN3OS/c1-10(12-5-7-13(17)8-6-12)18-11(2)15-19-20-16(21-15)14-4-3-9-22-14/h3-11,18H,1-2H3/p+1/t10-,11+/m1/s1. The van der Waals surface area contributed by atoms with Gasteiger partial charge >= 0.3 is 0 Å². The van der Waals surface area contributed by atoms with Crippen molar-refractivity contribution in [1.29, 1.82) is 0 Å². The molecule has 0 aliphatic heterocycles. The number of quaternary nitrogens is 1. The van der Waals surface area contributed by atoms with Gasteiger partial charge in [-0.3, -0.25) is 0 Å². The summed E-state index contributed by atoms with van der Waals surface area (Å²) in [6, 6.07) is 12.2. The van der Waals surface area contributed by atoms with Crippen LogP contribution >= 0.6 is 22.9 Å². The van der Waals surface area contributed by atoms with E-state index in [4.69, 9.17) is 16.0 Å². The molecule has 0 amide bonds. The highest BCUT2D eigenvalue weighted by Gasteiger charge is 2.21. The Morgan fingerprint density at radius 2 is 1.86 bits per heavy atom. The second kappa shape index (κ2) is 6.60. The highest BCUT2D eigenvalue weighted by Crippen LogP contribution is 2.24. The van der Waals surface area contributed by atoms with Gasteiger partial charge in [0.1, 0.15) is 6.04 Å². The van der Waals surface area contributed by atoms with E-state index in [0.29, 0.717) is 11.8 Å². The van der Waals surface area contributed by atoms with Crippen LogP contribution in [0.25, 0.3) is 10.8 Å². The van der Waals surface area contributed by atoms with Crippen LogP contribution in [0, 0.1) is 0 Å². The second-order valence-electron chi connectivity index (χ2n) is 5.24. The van der Waals surface area contributed by atoms with Crippen molar-refractivity contribution in [3.05, 3.63) is 58.3 Å². The minimum Gasteiger partial charge on any atom is -0.414 e. The van der Waals surface area contributed by atoms with Crippen LogP contribution in [-0.2, 0) is 0 Å². The summed E-state index contributed by atoms with van der Waals surface area (Å²) in [6.45, 7) is 4.22. The van der Waals surface area contributed by atoms with Crippen LogP contribution in [0.1, 0.15) is 37.4 Å². The molecule has 0 aliphatic rings. The van der Waals surface area contributed by atoms with Crippen molar-refractivity contribution in [2.75, 3.05) is 0 Å². The molecule has 0 spiro atoms. The lowest BCUT2D eigenvalue weighted by Crippen LogP contribution is -2.85. The second-order valence-corrected chi connectivity index (χ2v) is 6.63. The first-order valence-corrected chi connectivity index (χ1v) is 8.37. The predicted molar refractivity (Wildman–Crippen MR) is 87.8 cm³/mol. The Kier molecular flexibility index (Phi) is 4.57. The van der Waals surface area contributed by atoms with E-state index in [-0.39, 0.29) is 12.1 Å². The first kappa shape index (κ1) is 15.2. The molecule has 0 bridgehead atoms. The summed E-state index contributed by atoms with van der Waals surface area (Å²) in [5.41, 5.74) is 1.22. The summed E-state index contributed by atoms with van der Waals surface area (Å²) in [5.74, 6) is 1.23. The zero-order valence-electron chi connectivity index (χ0n) is 12.4. The van der Waals surface area contributed by atoms with Gasteiger partial charge in [-0.15, -0.1) is 21.5 Å². The Morgan fingerprint density at radius 1 is 1.09 bits per heavy atom. The van der Waals surface area contributed by atoms with Gasteiger partial charge in [-0.2, -0.15) is 0 Å². The molecule has 2 aromatic heterocycles. The van der Waals surface area contributed by atoms with Gasteiger partial charge in [-0.05, 0) is 37.4 Å². The molecule has 2 atom stereocenters. The zero-order valence-corrected chi connectivity index (χ0v) is 13.9. The van der Waals surface area contributed by atoms with Crippen LogP contribution in [-0.4, -0.2) is 10.2 Å². The largest absolute Gasteiger partial charge is 0.414 e. The average Bonchev–Trinajstić information content (AvgIpc) is 3.19. The van der Waals surface area contributed by atoms with Gasteiger partial charge in [0.05, 0.1) is 4.88 Å². The van der Waals surface area contributed by atoms with Crippen LogP contribution in [0.3, 0.4) is 0 Å². The van der Waals surface area contributed by atoms with Gasteiger partial charge in [0.25, 0.3) is 11.8 Å². The SMILES string of the molecule is C[C@H]([NH2+][C@H](C)c1ccc(Cl)cc1)c1nnc(-c2cccs2)o1. The van der Waals surface area contributed by atoms with E-state index in [1.807, 2.05) is 41.8 Å². The van der Waals surface area contributed by atoms with Crippen molar-refractivity contribution < 1.29 is 9.73 Å². The number of aromatic nitrogens is 2. The van der Waals surface area contributed by atoms with Crippen molar-refractivity contribution in [3.63, 3.8) is 0 Å². The van der Waals surface area contributed by atoms with Crippen LogP contribution in [0.5, 0.6) is 0 Å². The number of thiophene rings is 1. The molecule has 22 heavy (non-hydrogen) atoms. The molecule has 3 aromatic rings. The van der Waals surface area contributed by atoms with E-state index in [0.717, 1.165) is 9.90 Å². The molecule has 2 heterocycles. The van der Waals surface area contributed by atoms with E-state index in [2.05, 4.69) is 29.4 Å². The zero-order chi connectivity index (χ0) is 15.5. The van der Waals surface area contributed by atoms with Crippen molar-refractivity contribution in [1.82, 2.24) is 10.2 Å². The summed E-state index contributed by atoms with van der Waals surface area (Å²) in [4.78, 5) is 0.997. The summed E-state index contributed by atoms with van der Waals surface area (Å²) < 4.78 is 5.78. The lowest BCUT2D eigenvalue weighted by atomic mass is 10.1. The molecule has 0 aliphatic carbocycles. The maximum absolute atomic E-state index is 5.93. The Hall–Kier alpha value is -1.69. The highest BCUT2D eigenvalue weighted by molar-refractivity contribution is 7.13. The van der Waals surface area contributed by atoms with Gasteiger partial charge in [0.2, 0.25) is 0 Å². The van der Waals surface area contributed by atoms with E-state index in [9.17, 15) is 0 Å². The molecule has 0 radical (unpaired) electrons. The Morgan fingerprint density at radius 3 is 2.55 bits per heavy atom. The van der Waals surface area contributed by atoms with E-state index in [1.54, 1.807) is 11.3 Å². The highest BCUT2D eigenvalue weighted by atomic mass is 35.5. The summed E-state index contributed by atoms with van der Waals surface area (Å²) in [5, 5.41) is 13.3. The third-order valence-electron chi connectivity index (χ3n) is 3.54. The Labute approximate surface area is 138 Å². The minimum atomic E-state index is 0.0897. The van der Waals surface area contributed by atoms with Gasteiger partial charge in [-0.1, -0.05) is 29.8 Å². The van der Waals surface area contributed by atoms with Crippen molar-refractivity contribution in [2.24, 2.45) is 0 Å². The molecule has 6 heteroatoms. The Balaban J connectivity index is 1.69. The normalized spacial score (nSPS) is 14.0. The molecule has 4 nitrogen and oxygen atoms in total. The number of nitrogens with zero attached hydrogens (tertiary/aromatic N) is 2. The van der Waals surface area contributed by atoms with Gasteiger partial charge in [0, 0.05) is 10.6 Å². The molecule has 1 aromatic carbocycles. The lowest BCUT2D eigenvalue weighted by molar-refractivity contribution is -0.730. The maximum atomic E-state index is 5.93. The number of halogens is 1. The molecular formula is C16H17ClN3OS+. The van der Waals surface area contributed by atoms with Gasteiger partial charge in [-0.25, -0.2) is 0 Å². The first-order valence-electron chi connectivity index (χ1n) is 7.11. The van der Waals surface area contributed by atoms with Gasteiger partial charge < -0.3 is 9.73 Å². The topological polar surface area (TPSA) is 55.5 Å². The third kappa shape index (κ3) is 3.38. The van der Waals surface area contributed by atoms with Crippen LogP contribution < -0.4 is 5.32 Å². The third-order valence-corrected chi connectivity index (χ3v) is 4.65. The monoisotopic (exact) mass is 334 g/mol. The van der Waals surface area contributed by atoms with E-state index in [1.165, 1.54) is 5.56 Å². The Bertz CT molecular complexity index is 724. The van der Waals surface area contributed by atoms with Crippen LogP contribution in [0.2, 0.25) is 5.02 Å². The maximum Gasteiger partial charge on any atom is 0.274 e. The molecule has 2 N–H and O–H groups in total. The first-order chi connectivity index (χ1) is 10.6. The number of hydrogen-bond acceptors (Lipinski definition) is 4. The fraction of sp³-hybridized carbons (Fsp3) is 0.250. The smallest absolute Gasteiger partial charge is 0.274 e. The number of hydrogen-bond donors (Lipinski definition) is 1. The lowest BCUT2D eigenvalue weighted by Gasteiger charge is -2.14. The molecule has 114 valence electrons. The summed E-state index contributed by atoms with van der Waals surface area (Å²) >= 11 is 7.52. The fourth-order valence-electron chi connectivity index (χ4n) is 2.31.